The van der Waals surface area contributed by atoms with Gasteiger partial charge in [0.25, 0.3) is 0 Å². The second-order valence-corrected chi connectivity index (χ2v) is 6.26. The van der Waals surface area contributed by atoms with Gasteiger partial charge in [0.2, 0.25) is 5.75 Å². The summed E-state index contributed by atoms with van der Waals surface area (Å²) in [6.07, 6.45) is 3.17. The molecule has 168 valence electrons. The number of carbonyl (C=O) groups is 2. The number of rotatable bonds is 10. The Hall–Kier alpha value is -3.46. The third-order valence-corrected chi connectivity index (χ3v) is 4.55. The number of H-pyrrole nitrogens is 1. The highest BCUT2D eigenvalue weighted by atomic mass is 16.5. The van der Waals surface area contributed by atoms with Crippen LogP contribution < -0.4 is 19.9 Å². The Morgan fingerprint density at radius 2 is 1.77 bits per heavy atom. The molecule has 0 bridgehead atoms. The summed E-state index contributed by atoms with van der Waals surface area (Å²) in [5, 5.41) is 0. The first kappa shape index (κ1) is 23.8. The van der Waals surface area contributed by atoms with E-state index in [0.29, 0.717) is 52.6 Å². The van der Waals surface area contributed by atoms with Crippen LogP contribution in [0.3, 0.4) is 0 Å². The lowest BCUT2D eigenvalue weighted by atomic mass is 9.96. The monoisotopic (exact) mass is 432 g/mol. The molecule has 0 fully saturated rings. The van der Waals surface area contributed by atoms with Crippen molar-refractivity contribution in [2.24, 2.45) is 5.73 Å². The fourth-order valence-corrected chi connectivity index (χ4v) is 3.26. The molecule has 2 rings (SSSR count). The predicted octanol–water partition coefficient (Wildman–Crippen LogP) is 2.57. The van der Waals surface area contributed by atoms with E-state index in [-0.39, 0.29) is 12.3 Å². The van der Waals surface area contributed by atoms with Crippen LogP contribution in [0.15, 0.2) is 18.2 Å². The number of esters is 2. The maximum atomic E-state index is 12.6. The standard InChI is InChI=1S/C22H28N2O7/c1-6-31-22(26)19-13(8-10-17(25)28-3)18(15(24-19)11-12-23)14-7-9-16(27-2)21(30-5)20(14)29-4/h7-10,24H,6,11-12,23H2,1-5H3. The number of methoxy groups -OCH3 is 4. The summed E-state index contributed by atoms with van der Waals surface area (Å²) >= 11 is 0. The lowest BCUT2D eigenvalue weighted by Crippen LogP contribution is -2.07. The van der Waals surface area contributed by atoms with Crippen molar-refractivity contribution in [1.29, 1.82) is 0 Å². The number of ether oxygens (including phenoxy) is 5. The molecule has 0 aliphatic carbocycles. The lowest BCUT2D eigenvalue weighted by Gasteiger charge is -2.17. The van der Waals surface area contributed by atoms with E-state index in [2.05, 4.69) is 4.98 Å². The molecular formula is C22H28N2O7. The maximum Gasteiger partial charge on any atom is 0.355 e. The number of carbonyl (C=O) groups excluding carboxylic acids is 2. The third kappa shape index (κ3) is 5.00. The molecular weight excluding hydrogens is 404 g/mol. The fourth-order valence-electron chi connectivity index (χ4n) is 3.26. The molecule has 0 spiro atoms. The van der Waals surface area contributed by atoms with Gasteiger partial charge in [-0.2, -0.15) is 0 Å². The third-order valence-electron chi connectivity index (χ3n) is 4.55. The van der Waals surface area contributed by atoms with Crippen LogP contribution in [0.5, 0.6) is 17.2 Å². The normalized spacial score (nSPS) is 10.8. The topological polar surface area (TPSA) is 122 Å². The van der Waals surface area contributed by atoms with Gasteiger partial charge in [-0.3, -0.25) is 0 Å². The zero-order valence-electron chi connectivity index (χ0n) is 18.4. The van der Waals surface area contributed by atoms with E-state index in [1.54, 1.807) is 19.1 Å². The van der Waals surface area contributed by atoms with E-state index >= 15 is 0 Å². The van der Waals surface area contributed by atoms with Gasteiger partial charge in [0.1, 0.15) is 5.69 Å². The molecule has 0 amide bonds. The highest BCUT2D eigenvalue weighted by Crippen LogP contribution is 2.47. The van der Waals surface area contributed by atoms with Gasteiger partial charge in [0.05, 0.1) is 35.0 Å². The molecule has 0 unspecified atom stereocenters. The quantitative estimate of drug-likeness (QED) is 0.434. The summed E-state index contributed by atoms with van der Waals surface area (Å²) in [5.41, 5.74) is 8.38. The van der Waals surface area contributed by atoms with Crippen LogP contribution >= 0.6 is 0 Å². The van der Waals surface area contributed by atoms with Gasteiger partial charge < -0.3 is 34.4 Å². The largest absolute Gasteiger partial charge is 0.493 e. The van der Waals surface area contributed by atoms with Crippen LogP contribution in [0.25, 0.3) is 17.2 Å². The summed E-state index contributed by atoms with van der Waals surface area (Å²) in [7, 11) is 5.81. The predicted molar refractivity (Wildman–Crippen MR) is 116 cm³/mol. The lowest BCUT2D eigenvalue weighted by molar-refractivity contribution is -0.134. The Labute approximate surface area is 181 Å². The highest BCUT2D eigenvalue weighted by Gasteiger charge is 2.27. The van der Waals surface area contributed by atoms with Gasteiger partial charge in [0.15, 0.2) is 11.5 Å². The molecule has 31 heavy (non-hydrogen) atoms. The van der Waals surface area contributed by atoms with Crippen LogP contribution in [0.2, 0.25) is 0 Å². The minimum atomic E-state index is -0.568. The molecule has 0 saturated carbocycles. The molecule has 0 saturated heterocycles. The summed E-state index contributed by atoms with van der Waals surface area (Å²) in [6.45, 7) is 2.23. The van der Waals surface area contributed by atoms with Crippen LogP contribution in [0, 0.1) is 0 Å². The summed E-state index contributed by atoms with van der Waals surface area (Å²) in [5.74, 6) is 0.152. The van der Waals surface area contributed by atoms with Crippen molar-refractivity contribution in [3.05, 3.63) is 35.2 Å². The first-order chi connectivity index (χ1) is 15.0. The Morgan fingerprint density at radius 1 is 1.06 bits per heavy atom. The van der Waals surface area contributed by atoms with Gasteiger partial charge in [-0.25, -0.2) is 9.59 Å². The molecule has 0 atom stereocenters. The second kappa shape index (κ2) is 11.1. The van der Waals surface area contributed by atoms with Gasteiger partial charge in [-0.15, -0.1) is 0 Å². The zero-order chi connectivity index (χ0) is 23.0. The van der Waals surface area contributed by atoms with E-state index in [4.69, 9.17) is 29.4 Å². The van der Waals surface area contributed by atoms with Crippen molar-refractivity contribution in [3.8, 4) is 28.4 Å². The van der Waals surface area contributed by atoms with Crippen LogP contribution in [-0.4, -0.2) is 58.5 Å². The van der Waals surface area contributed by atoms with Crippen molar-refractivity contribution < 1.29 is 33.3 Å². The zero-order valence-corrected chi connectivity index (χ0v) is 18.4. The van der Waals surface area contributed by atoms with Crippen LogP contribution in [0.4, 0.5) is 0 Å². The molecule has 3 N–H and O–H groups in total. The Bertz CT molecular complexity index is 963. The van der Waals surface area contributed by atoms with Crippen LogP contribution in [0.1, 0.15) is 28.7 Å². The van der Waals surface area contributed by atoms with Crippen molar-refractivity contribution in [1.82, 2.24) is 4.98 Å². The van der Waals surface area contributed by atoms with Crippen molar-refractivity contribution in [2.75, 3.05) is 41.6 Å². The number of benzene rings is 1. The Morgan fingerprint density at radius 3 is 2.32 bits per heavy atom. The van der Waals surface area contributed by atoms with E-state index in [1.165, 1.54) is 40.6 Å². The number of nitrogens with one attached hydrogen (secondary N) is 1. The number of aromatic amines is 1. The molecule has 9 nitrogen and oxygen atoms in total. The second-order valence-electron chi connectivity index (χ2n) is 6.26. The minimum absolute atomic E-state index is 0.192. The molecule has 0 aliphatic rings. The maximum absolute atomic E-state index is 12.6. The van der Waals surface area contributed by atoms with E-state index in [1.807, 2.05) is 0 Å². The summed E-state index contributed by atoms with van der Waals surface area (Å²) in [6, 6.07) is 3.52. The first-order valence-corrected chi connectivity index (χ1v) is 9.64. The summed E-state index contributed by atoms with van der Waals surface area (Å²) < 4.78 is 26.4. The smallest absolute Gasteiger partial charge is 0.355 e. The molecule has 0 radical (unpaired) electrons. The van der Waals surface area contributed by atoms with Gasteiger partial charge in [0, 0.05) is 34.9 Å². The molecule has 1 aromatic heterocycles. The van der Waals surface area contributed by atoms with E-state index < -0.39 is 11.9 Å². The van der Waals surface area contributed by atoms with E-state index in [9.17, 15) is 9.59 Å². The molecule has 2 aromatic rings. The number of hydrogen-bond acceptors (Lipinski definition) is 8. The molecule has 1 heterocycles. The Kier molecular flexibility index (Phi) is 8.51. The highest BCUT2D eigenvalue weighted by molar-refractivity contribution is 6.00. The average Bonchev–Trinajstić information content (AvgIpc) is 3.14. The fraction of sp³-hybridized carbons (Fsp3) is 0.364. The average molecular weight is 432 g/mol. The SMILES string of the molecule is CCOC(=O)c1[nH]c(CCN)c(-c2ccc(OC)c(OC)c2OC)c1C=CC(=O)OC. The first-order valence-electron chi connectivity index (χ1n) is 9.64. The van der Waals surface area contributed by atoms with Crippen LogP contribution in [-0.2, 0) is 20.7 Å². The number of nitrogens with two attached hydrogens (primary N) is 1. The van der Waals surface area contributed by atoms with Gasteiger partial charge >= 0.3 is 11.9 Å². The summed E-state index contributed by atoms with van der Waals surface area (Å²) in [4.78, 5) is 27.5. The van der Waals surface area contributed by atoms with Gasteiger partial charge in [-0.1, -0.05) is 0 Å². The Balaban J connectivity index is 2.88. The molecule has 1 aromatic carbocycles. The van der Waals surface area contributed by atoms with Crippen molar-refractivity contribution in [2.45, 2.75) is 13.3 Å². The number of hydrogen-bond donors (Lipinski definition) is 2. The van der Waals surface area contributed by atoms with Gasteiger partial charge in [-0.05, 0) is 31.7 Å². The van der Waals surface area contributed by atoms with E-state index in [0.717, 1.165) is 0 Å². The van der Waals surface area contributed by atoms with Crippen molar-refractivity contribution >= 4 is 18.0 Å². The number of aromatic nitrogens is 1. The molecule has 9 heteroatoms. The van der Waals surface area contributed by atoms with Crippen molar-refractivity contribution in [3.63, 3.8) is 0 Å². The minimum Gasteiger partial charge on any atom is -0.493 e. The molecule has 0 aliphatic heterocycles.